The molecule has 31 heavy (non-hydrogen) atoms. The summed E-state index contributed by atoms with van der Waals surface area (Å²) in [5.74, 6) is -1.71. The molecule has 0 saturated heterocycles. The first-order valence-corrected chi connectivity index (χ1v) is 13.2. The van der Waals surface area contributed by atoms with Crippen LogP contribution in [0.3, 0.4) is 0 Å². The van der Waals surface area contributed by atoms with Crippen LogP contribution in [-0.2, 0) is 37.7 Å². The smallest absolute Gasteiger partial charge is 0.240 e. The number of amides is 1. The van der Waals surface area contributed by atoms with Crippen molar-refractivity contribution in [3.8, 4) is 0 Å². The summed E-state index contributed by atoms with van der Waals surface area (Å²) >= 11 is 0. The van der Waals surface area contributed by atoms with Crippen LogP contribution in [0.2, 0.25) is 0 Å². The molecule has 0 aromatic heterocycles. The van der Waals surface area contributed by atoms with E-state index in [1.54, 1.807) is 12.1 Å². The standard InChI is InChI=1S/C21H27FN2O5S2/c1-2-3-4-11-30(26,27)16-21(25)23-14-18-8-6-10-20(13-18)31(28,29)24-15-17-7-5-9-19(22)12-17/h5-10,12-13,24H,2-4,11,14-16H2,1H3,(H,23,25). The molecule has 0 fully saturated rings. The van der Waals surface area contributed by atoms with Gasteiger partial charge in [-0.05, 0) is 41.8 Å². The summed E-state index contributed by atoms with van der Waals surface area (Å²) in [7, 11) is -7.33. The molecule has 0 heterocycles. The average Bonchev–Trinajstić information content (AvgIpc) is 2.71. The maximum atomic E-state index is 13.2. The maximum absolute atomic E-state index is 13.2. The fraction of sp³-hybridized carbons (Fsp3) is 0.381. The van der Waals surface area contributed by atoms with E-state index in [0.29, 0.717) is 17.5 Å². The molecule has 2 aromatic carbocycles. The van der Waals surface area contributed by atoms with Crippen LogP contribution in [-0.4, -0.2) is 34.2 Å². The number of hydrogen-bond donors (Lipinski definition) is 2. The lowest BCUT2D eigenvalue weighted by Crippen LogP contribution is -2.31. The number of hydrogen-bond acceptors (Lipinski definition) is 5. The number of carbonyl (C=O) groups excluding carboxylic acids is 1. The van der Waals surface area contributed by atoms with Gasteiger partial charge in [-0.15, -0.1) is 0 Å². The Labute approximate surface area is 183 Å². The van der Waals surface area contributed by atoms with Gasteiger partial charge in [-0.3, -0.25) is 4.79 Å². The fourth-order valence-corrected chi connectivity index (χ4v) is 5.20. The normalized spacial score (nSPS) is 11.9. The average molecular weight is 471 g/mol. The number of sulfonamides is 1. The Balaban J connectivity index is 1.94. The summed E-state index contributed by atoms with van der Waals surface area (Å²) in [5.41, 5.74) is 0.984. The molecular weight excluding hydrogens is 443 g/mol. The van der Waals surface area contributed by atoms with Crippen LogP contribution in [0.4, 0.5) is 4.39 Å². The highest BCUT2D eigenvalue weighted by Crippen LogP contribution is 2.13. The van der Waals surface area contributed by atoms with Crippen LogP contribution in [0.5, 0.6) is 0 Å². The summed E-state index contributed by atoms with van der Waals surface area (Å²) in [6, 6.07) is 11.6. The molecule has 10 heteroatoms. The Morgan fingerprint density at radius 3 is 2.29 bits per heavy atom. The second kappa shape index (κ2) is 11.4. The zero-order valence-electron chi connectivity index (χ0n) is 17.3. The topological polar surface area (TPSA) is 109 Å². The molecular formula is C21H27FN2O5S2. The van der Waals surface area contributed by atoms with Crippen LogP contribution >= 0.6 is 0 Å². The Morgan fingerprint density at radius 1 is 0.935 bits per heavy atom. The molecule has 1 amide bonds. The van der Waals surface area contributed by atoms with Gasteiger partial charge in [0.25, 0.3) is 0 Å². The molecule has 0 aliphatic carbocycles. The second-order valence-electron chi connectivity index (χ2n) is 7.18. The van der Waals surface area contributed by atoms with E-state index in [1.807, 2.05) is 6.92 Å². The number of rotatable bonds is 12. The molecule has 0 aliphatic rings. The van der Waals surface area contributed by atoms with Gasteiger partial charge < -0.3 is 5.32 Å². The highest BCUT2D eigenvalue weighted by atomic mass is 32.2. The van der Waals surface area contributed by atoms with E-state index >= 15 is 0 Å². The first-order chi connectivity index (χ1) is 14.6. The van der Waals surface area contributed by atoms with Crippen molar-refractivity contribution >= 4 is 25.8 Å². The van der Waals surface area contributed by atoms with Crippen LogP contribution in [0.15, 0.2) is 53.4 Å². The molecule has 2 N–H and O–H groups in total. The highest BCUT2D eigenvalue weighted by molar-refractivity contribution is 7.92. The minimum atomic E-state index is -3.86. The number of carbonyl (C=O) groups is 1. The SMILES string of the molecule is CCCCCS(=O)(=O)CC(=O)NCc1cccc(S(=O)(=O)NCc2cccc(F)c2)c1. The predicted molar refractivity (Wildman–Crippen MR) is 117 cm³/mol. The van der Waals surface area contributed by atoms with Crippen molar-refractivity contribution < 1.29 is 26.0 Å². The van der Waals surface area contributed by atoms with Crippen LogP contribution in [0.1, 0.15) is 37.3 Å². The lowest BCUT2D eigenvalue weighted by molar-refractivity contribution is -0.118. The zero-order valence-corrected chi connectivity index (χ0v) is 18.9. The number of nitrogens with one attached hydrogen (secondary N) is 2. The van der Waals surface area contributed by atoms with Gasteiger partial charge in [-0.1, -0.05) is 44.0 Å². The van der Waals surface area contributed by atoms with Crippen LogP contribution < -0.4 is 10.0 Å². The lowest BCUT2D eigenvalue weighted by atomic mass is 10.2. The summed E-state index contributed by atoms with van der Waals surface area (Å²) < 4.78 is 64.6. The molecule has 0 bridgehead atoms. The Hall–Kier alpha value is -2.30. The monoisotopic (exact) mass is 470 g/mol. The molecule has 2 rings (SSSR count). The van der Waals surface area contributed by atoms with E-state index in [0.717, 1.165) is 12.8 Å². The van der Waals surface area contributed by atoms with Gasteiger partial charge in [-0.2, -0.15) is 0 Å². The van der Waals surface area contributed by atoms with Crippen LogP contribution in [0, 0.1) is 5.82 Å². The first kappa shape index (κ1) is 25.0. The van der Waals surface area contributed by atoms with Crippen molar-refractivity contribution in [1.29, 1.82) is 0 Å². The van der Waals surface area contributed by atoms with Crippen molar-refractivity contribution in [1.82, 2.24) is 10.0 Å². The van der Waals surface area contributed by atoms with Gasteiger partial charge in [0.15, 0.2) is 9.84 Å². The third-order valence-corrected chi connectivity index (χ3v) is 7.48. The second-order valence-corrected chi connectivity index (χ2v) is 11.1. The van der Waals surface area contributed by atoms with Gasteiger partial charge in [0.05, 0.1) is 10.6 Å². The summed E-state index contributed by atoms with van der Waals surface area (Å²) in [4.78, 5) is 12.0. The summed E-state index contributed by atoms with van der Waals surface area (Å²) in [5, 5.41) is 2.51. The minimum Gasteiger partial charge on any atom is -0.351 e. The van der Waals surface area contributed by atoms with Crippen molar-refractivity contribution in [3.05, 3.63) is 65.5 Å². The van der Waals surface area contributed by atoms with E-state index < -0.39 is 37.3 Å². The van der Waals surface area contributed by atoms with Gasteiger partial charge in [0.2, 0.25) is 15.9 Å². The molecule has 170 valence electrons. The summed E-state index contributed by atoms with van der Waals surface area (Å²) in [6.45, 7) is 1.89. The van der Waals surface area contributed by atoms with Gasteiger partial charge in [0, 0.05) is 13.1 Å². The number of benzene rings is 2. The molecule has 0 saturated carbocycles. The van der Waals surface area contributed by atoms with Gasteiger partial charge in [-0.25, -0.2) is 25.9 Å². The summed E-state index contributed by atoms with van der Waals surface area (Å²) in [6.07, 6.45) is 2.20. The molecule has 2 aromatic rings. The molecule has 0 spiro atoms. The van der Waals surface area contributed by atoms with Crippen molar-refractivity contribution in [2.75, 3.05) is 11.5 Å². The van der Waals surface area contributed by atoms with E-state index in [1.165, 1.54) is 36.4 Å². The molecule has 0 atom stereocenters. The Bertz CT molecular complexity index is 1100. The molecule has 0 aliphatic heterocycles. The molecule has 0 unspecified atom stereocenters. The number of halogens is 1. The third-order valence-electron chi connectivity index (χ3n) is 4.46. The zero-order chi connectivity index (χ0) is 22.9. The van der Waals surface area contributed by atoms with E-state index in [2.05, 4.69) is 10.0 Å². The largest absolute Gasteiger partial charge is 0.351 e. The Kier molecular flexibility index (Phi) is 9.15. The number of sulfone groups is 1. The highest BCUT2D eigenvalue weighted by Gasteiger charge is 2.17. The lowest BCUT2D eigenvalue weighted by Gasteiger charge is -2.10. The Morgan fingerprint density at radius 2 is 1.61 bits per heavy atom. The first-order valence-electron chi connectivity index (χ1n) is 9.91. The molecule has 0 radical (unpaired) electrons. The van der Waals surface area contributed by atoms with E-state index in [9.17, 15) is 26.0 Å². The maximum Gasteiger partial charge on any atom is 0.240 e. The predicted octanol–water partition coefficient (Wildman–Crippen LogP) is 2.53. The third kappa shape index (κ3) is 8.76. The van der Waals surface area contributed by atoms with Gasteiger partial charge in [0.1, 0.15) is 11.6 Å². The van der Waals surface area contributed by atoms with E-state index in [-0.39, 0.29) is 23.7 Å². The van der Waals surface area contributed by atoms with Crippen molar-refractivity contribution in [3.63, 3.8) is 0 Å². The van der Waals surface area contributed by atoms with Gasteiger partial charge >= 0.3 is 0 Å². The quantitative estimate of drug-likeness (QED) is 0.463. The molecule has 7 nitrogen and oxygen atoms in total. The van der Waals surface area contributed by atoms with Crippen molar-refractivity contribution in [2.45, 2.75) is 44.2 Å². The minimum absolute atomic E-state index is 0.00340. The van der Waals surface area contributed by atoms with Crippen LogP contribution in [0.25, 0.3) is 0 Å². The van der Waals surface area contributed by atoms with E-state index in [4.69, 9.17) is 0 Å². The fourth-order valence-electron chi connectivity index (χ4n) is 2.83. The van der Waals surface area contributed by atoms with Crippen molar-refractivity contribution in [2.24, 2.45) is 0 Å². The number of unbranched alkanes of at least 4 members (excludes halogenated alkanes) is 2.